The lowest BCUT2D eigenvalue weighted by Gasteiger charge is -2.32. The molecule has 1 fully saturated rings. The number of H-pyrrole nitrogens is 1. The number of benzene rings is 2. The maximum absolute atomic E-state index is 13.0. The number of piperidine rings is 1. The Morgan fingerprint density at radius 1 is 1.19 bits per heavy atom. The molecule has 4 rings (SSSR count). The van der Waals surface area contributed by atoms with Gasteiger partial charge in [0.15, 0.2) is 0 Å². The number of halogens is 1. The molecule has 2 heterocycles. The molecule has 140 valence electrons. The smallest absolute Gasteiger partial charge is 0.251 e. The predicted octanol–water partition coefficient (Wildman–Crippen LogP) is 3.95. The van der Waals surface area contributed by atoms with Crippen molar-refractivity contribution in [3.05, 3.63) is 71.7 Å². The van der Waals surface area contributed by atoms with Gasteiger partial charge in [-0.25, -0.2) is 4.39 Å². The predicted molar refractivity (Wildman–Crippen MR) is 105 cm³/mol. The van der Waals surface area contributed by atoms with Crippen LogP contribution < -0.4 is 5.32 Å². The van der Waals surface area contributed by atoms with Crippen molar-refractivity contribution >= 4 is 16.8 Å². The monoisotopic (exact) mass is 365 g/mol. The molecule has 4 nitrogen and oxygen atoms in total. The number of amides is 1. The number of para-hydroxylation sites is 1. The maximum Gasteiger partial charge on any atom is 0.251 e. The van der Waals surface area contributed by atoms with E-state index in [1.807, 2.05) is 6.07 Å². The Labute approximate surface area is 158 Å². The van der Waals surface area contributed by atoms with E-state index in [9.17, 15) is 9.18 Å². The normalized spacial score (nSPS) is 17.9. The summed E-state index contributed by atoms with van der Waals surface area (Å²) >= 11 is 0. The molecule has 27 heavy (non-hydrogen) atoms. The summed E-state index contributed by atoms with van der Waals surface area (Å²) < 4.78 is 13.0. The number of hydrogen-bond acceptors (Lipinski definition) is 2. The zero-order chi connectivity index (χ0) is 18.6. The van der Waals surface area contributed by atoms with E-state index in [1.54, 1.807) is 0 Å². The minimum Gasteiger partial charge on any atom is -0.361 e. The molecule has 3 aromatic rings. The van der Waals surface area contributed by atoms with E-state index in [0.29, 0.717) is 18.0 Å². The molecule has 1 aliphatic rings. The van der Waals surface area contributed by atoms with Crippen molar-refractivity contribution in [3.63, 3.8) is 0 Å². The summed E-state index contributed by atoms with van der Waals surface area (Å²) in [7, 11) is 0. The Hall–Kier alpha value is -2.66. The lowest BCUT2D eigenvalue weighted by molar-refractivity contribution is 0.0930. The van der Waals surface area contributed by atoms with Crippen LogP contribution in [0, 0.1) is 11.7 Å². The number of carbonyl (C=O) groups excluding carboxylic acids is 1. The molecule has 0 aliphatic carbocycles. The molecule has 1 aromatic heterocycles. The number of nitrogens with one attached hydrogen (secondary N) is 2. The number of aromatic nitrogens is 1. The Balaban J connectivity index is 1.33. The molecular formula is C22H24FN3O. The fraction of sp³-hybridized carbons (Fsp3) is 0.318. The summed E-state index contributed by atoms with van der Waals surface area (Å²) in [4.78, 5) is 18.0. The van der Waals surface area contributed by atoms with E-state index in [-0.39, 0.29) is 11.7 Å². The van der Waals surface area contributed by atoms with Gasteiger partial charge in [0.1, 0.15) is 5.82 Å². The van der Waals surface area contributed by atoms with Gasteiger partial charge in [-0.3, -0.25) is 9.69 Å². The summed E-state index contributed by atoms with van der Waals surface area (Å²) in [6.45, 7) is 3.64. The largest absolute Gasteiger partial charge is 0.361 e. The van der Waals surface area contributed by atoms with Crippen LogP contribution in [0.2, 0.25) is 0 Å². The molecule has 0 radical (unpaired) electrons. The number of hydrogen-bond donors (Lipinski definition) is 2. The molecule has 1 atom stereocenters. The first kappa shape index (κ1) is 17.7. The van der Waals surface area contributed by atoms with Crippen LogP contribution in [-0.2, 0) is 6.54 Å². The number of rotatable bonds is 5. The molecule has 1 saturated heterocycles. The van der Waals surface area contributed by atoms with Crippen molar-refractivity contribution in [1.82, 2.24) is 15.2 Å². The minimum absolute atomic E-state index is 0.135. The number of nitrogens with zero attached hydrogens (tertiary/aromatic N) is 1. The topological polar surface area (TPSA) is 48.1 Å². The Morgan fingerprint density at radius 3 is 2.85 bits per heavy atom. The molecule has 2 N–H and O–H groups in total. The molecule has 2 aromatic carbocycles. The van der Waals surface area contributed by atoms with Crippen molar-refractivity contribution in [2.75, 3.05) is 19.6 Å². The molecule has 1 aliphatic heterocycles. The van der Waals surface area contributed by atoms with E-state index < -0.39 is 0 Å². The standard InChI is InChI=1S/C22H24FN3O/c23-19-9-7-17(8-10-19)22(27)25-12-16-4-3-11-26(14-16)15-18-13-24-21-6-2-1-5-20(18)21/h1-2,5-10,13,16,24H,3-4,11-12,14-15H2,(H,25,27). The highest BCUT2D eigenvalue weighted by Crippen LogP contribution is 2.23. The highest BCUT2D eigenvalue weighted by atomic mass is 19.1. The van der Waals surface area contributed by atoms with Gasteiger partial charge in [0.2, 0.25) is 0 Å². The first-order valence-corrected chi connectivity index (χ1v) is 9.50. The van der Waals surface area contributed by atoms with Gasteiger partial charge in [-0.15, -0.1) is 0 Å². The maximum atomic E-state index is 13.0. The van der Waals surface area contributed by atoms with E-state index in [2.05, 4.69) is 39.6 Å². The zero-order valence-electron chi connectivity index (χ0n) is 15.2. The van der Waals surface area contributed by atoms with E-state index in [0.717, 1.165) is 32.5 Å². The van der Waals surface area contributed by atoms with Crippen molar-refractivity contribution in [1.29, 1.82) is 0 Å². The zero-order valence-corrected chi connectivity index (χ0v) is 15.2. The third kappa shape index (κ3) is 4.19. The highest BCUT2D eigenvalue weighted by molar-refractivity contribution is 5.94. The second-order valence-electron chi connectivity index (χ2n) is 7.32. The molecule has 1 amide bonds. The fourth-order valence-corrected chi connectivity index (χ4v) is 3.91. The number of aromatic amines is 1. The van der Waals surface area contributed by atoms with E-state index >= 15 is 0 Å². The second-order valence-corrected chi connectivity index (χ2v) is 7.32. The summed E-state index contributed by atoms with van der Waals surface area (Å²) in [6.07, 6.45) is 4.36. The van der Waals surface area contributed by atoms with Gasteiger partial charge in [0, 0.05) is 42.3 Å². The van der Waals surface area contributed by atoms with Crippen LogP contribution in [0.15, 0.2) is 54.7 Å². The van der Waals surface area contributed by atoms with Gasteiger partial charge in [-0.1, -0.05) is 18.2 Å². The van der Waals surface area contributed by atoms with Gasteiger partial charge < -0.3 is 10.3 Å². The molecular weight excluding hydrogens is 341 g/mol. The molecule has 5 heteroatoms. The Morgan fingerprint density at radius 2 is 2.00 bits per heavy atom. The van der Waals surface area contributed by atoms with Gasteiger partial charge in [0.25, 0.3) is 5.91 Å². The molecule has 0 bridgehead atoms. The molecule has 1 unspecified atom stereocenters. The van der Waals surface area contributed by atoms with Gasteiger partial charge in [-0.2, -0.15) is 0 Å². The van der Waals surface area contributed by atoms with Crippen LogP contribution in [0.3, 0.4) is 0 Å². The van der Waals surface area contributed by atoms with Crippen molar-refractivity contribution < 1.29 is 9.18 Å². The average molecular weight is 365 g/mol. The average Bonchev–Trinajstić information content (AvgIpc) is 3.10. The van der Waals surface area contributed by atoms with Crippen LogP contribution in [0.1, 0.15) is 28.8 Å². The lowest BCUT2D eigenvalue weighted by Crippen LogP contribution is -2.40. The van der Waals surface area contributed by atoms with Gasteiger partial charge >= 0.3 is 0 Å². The summed E-state index contributed by atoms with van der Waals surface area (Å²) in [5, 5.41) is 4.28. The summed E-state index contributed by atoms with van der Waals surface area (Å²) in [5.74, 6) is -0.0242. The van der Waals surface area contributed by atoms with Gasteiger partial charge in [-0.05, 0) is 61.2 Å². The lowest BCUT2D eigenvalue weighted by atomic mass is 9.97. The van der Waals surface area contributed by atoms with Crippen LogP contribution in [-0.4, -0.2) is 35.4 Å². The number of likely N-dealkylation sites (tertiary alicyclic amines) is 1. The fourth-order valence-electron chi connectivity index (χ4n) is 3.91. The molecule has 0 spiro atoms. The summed E-state index contributed by atoms with van der Waals surface area (Å²) in [5.41, 5.74) is 3.00. The van der Waals surface area contributed by atoms with E-state index in [4.69, 9.17) is 0 Å². The second kappa shape index (κ2) is 7.92. The number of fused-ring (bicyclic) bond motifs is 1. The third-order valence-electron chi connectivity index (χ3n) is 5.33. The first-order chi connectivity index (χ1) is 13.2. The van der Waals surface area contributed by atoms with Gasteiger partial charge in [0.05, 0.1) is 0 Å². The number of carbonyl (C=O) groups is 1. The third-order valence-corrected chi connectivity index (χ3v) is 5.33. The van der Waals surface area contributed by atoms with Crippen molar-refractivity contribution in [2.24, 2.45) is 5.92 Å². The van der Waals surface area contributed by atoms with Crippen LogP contribution in [0.4, 0.5) is 4.39 Å². The highest BCUT2D eigenvalue weighted by Gasteiger charge is 2.21. The quantitative estimate of drug-likeness (QED) is 0.719. The van der Waals surface area contributed by atoms with E-state index in [1.165, 1.54) is 40.7 Å². The first-order valence-electron chi connectivity index (χ1n) is 9.50. The van der Waals surface area contributed by atoms with Crippen LogP contribution in [0.5, 0.6) is 0 Å². The minimum atomic E-state index is -0.327. The summed E-state index contributed by atoms with van der Waals surface area (Å²) in [6, 6.07) is 14.1. The SMILES string of the molecule is O=C(NCC1CCCN(Cc2c[nH]c3ccccc23)C1)c1ccc(F)cc1. The van der Waals surface area contributed by atoms with Crippen molar-refractivity contribution in [3.8, 4) is 0 Å². The molecule has 0 saturated carbocycles. The van der Waals surface area contributed by atoms with Crippen LogP contribution >= 0.6 is 0 Å². The van der Waals surface area contributed by atoms with Crippen molar-refractivity contribution in [2.45, 2.75) is 19.4 Å². The Kier molecular flexibility index (Phi) is 5.21. The van der Waals surface area contributed by atoms with Crippen LogP contribution in [0.25, 0.3) is 10.9 Å². The Bertz CT molecular complexity index is 919.